The Morgan fingerprint density at radius 1 is 0.842 bits per heavy atom. The van der Waals surface area contributed by atoms with E-state index < -0.39 is 0 Å². The summed E-state index contributed by atoms with van der Waals surface area (Å²) >= 11 is 0. The van der Waals surface area contributed by atoms with Crippen LogP contribution >= 0.6 is 0 Å². The molecule has 0 saturated carbocycles. The second kappa shape index (κ2) is 4.32. The molecule has 0 aliphatic carbocycles. The summed E-state index contributed by atoms with van der Waals surface area (Å²) in [6, 6.07) is 0. The molecule has 0 aromatic carbocycles. The second-order valence-corrected chi connectivity index (χ2v) is 8.72. The fraction of sp³-hybridized carbons (Fsp3) is 0.875. The fourth-order valence-electron chi connectivity index (χ4n) is 2.14. The molecule has 0 atom stereocenters. The zero-order chi connectivity index (χ0) is 15.3. The van der Waals surface area contributed by atoms with E-state index in [4.69, 9.17) is 0 Å². The van der Waals surface area contributed by atoms with Crippen LogP contribution in [-0.2, 0) is 11.0 Å². The summed E-state index contributed by atoms with van der Waals surface area (Å²) in [5.74, 6) is 0. The fourth-order valence-corrected chi connectivity index (χ4v) is 2.14. The molecule has 0 saturated heterocycles. The minimum atomic E-state index is -0.0330. The van der Waals surface area contributed by atoms with Crippen molar-refractivity contribution in [3.05, 3.63) is 11.9 Å². The predicted octanol–water partition coefficient (Wildman–Crippen LogP) is 4.38. The van der Waals surface area contributed by atoms with E-state index in [0.29, 0.717) is 0 Å². The minimum absolute atomic E-state index is 0.0206. The minimum Gasteiger partial charge on any atom is -0.247 e. The van der Waals surface area contributed by atoms with Crippen LogP contribution in [0.1, 0.15) is 74.9 Å². The van der Waals surface area contributed by atoms with Crippen LogP contribution in [0.5, 0.6) is 0 Å². The molecule has 0 N–H and O–H groups in total. The van der Waals surface area contributed by atoms with Crippen LogP contribution in [0.3, 0.4) is 0 Å². The van der Waals surface area contributed by atoms with Gasteiger partial charge < -0.3 is 0 Å². The molecule has 1 rings (SSSR count). The molecule has 3 heteroatoms. The first-order valence-corrected chi connectivity index (χ1v) is 7.14. The highest BCUT2D eigenvalue weighted by Crippen LogP contribution is 2.51. The Hall–Kier alpha value is -0.860. The molecule has 0 amide bonds. The normalized spacial score (nSPS) is 14.8. The Bertz CT molecular complexity index is 439. The molecule has 0 radical (unpaired) electrons. The van der Waals surface area contributed by atoms with E-state index in [9.17, 15) is 0 Å². The molecule has 1 aromatic heterocycles. The van der Waals surface area contributed by atoms with Crippen molar-refractivity contribution in [1.82, 2.24) is 15.0 Å². The predicted molar refractivity (Wildman–Crippen MR) is 81.3 cm³/mol. The van der Waals surface area contributed by atoms with Crippen LogP contribution in [0.25, 0.3) is 0 Å². The topological polar surface area (TPSA) is 30.7 Å². The third-order valence-corrected chi connectivity index (χ3v) is 5.26. The standard InChI is InChI=1S/C16H31N3/c1-13(2,3)16(9,10)15(7,8)12-11-19(18-17-12)14(4,5)6/h11H,1-10H3. The van der Waals surface area contributed by atoms with Gasteiger partial charge >= 0.3 is 0 Å². The van der Waals surface area contributed by atoms with Gasteiger partial charge in [-0.05, 0) is 31.6 Å². The van der Waals surface area contributed by atoms with E-state index in [-0.39, 0.29) is 21.8 Å². The zero-order valence-corrected chi connectivity index (χ0v) is 14.4. The summed E-state index contributed by atoms with van der Waals surface area (Å²) in [5, 5.41) is 8.76. The molecule has 0 fully saturated rings. The van der Waals surface area contributed by atoms with Gasteiger partial charge in [-0.1, -0.05) is 53.7 Å². The summed E-state index contributed by atoms with van der Waals surface area (Å²) in [6.07, 6.45) is 2.10. The maximum Gasteiger partial charge on any atom is 0.0888 e. The molecule has 1 heterocycles. The van der Waals surface area contributed by atoms with Crippen molar-refractivity contribution in [1.29, 1.82) is 0 Å². The third-order valence-electron chi connectivity index (χ3n) is 5.26. The number of rotatable bonds is 2. The Morgan fingerprint density at radius 3 is 1.63 bits per heavy atom. The van der Waals surface area contributed by atoms with Crippen molar-refractivity contribution in [2.75, 3.05) is 0 Å². The maximum atomic E-state index is 4.45. The summed E-state index contributed by atoms with van der Waals surface area (Å²) < 4.78 is 1.96. The second-order valence-electron chi connectivity index (χ2n) is 8.72. The first kappa shape index (κ1) is 16.2. The lowest BCUT2D eigenvalue weighted by Crippen LogP contribution is -2.46. The number of aromatic nitrogens is 3. The summed E-state index contributed by atoms with van der Waals surface area (Å²) in [7, 11) is 0. The van der Waals surface area contributed by atoms with Crippen molar-refractivity contribution in [3.63, 3.8) is 0 Å². The molecular weight excluding hydrogens is 234 g/mol. The van der Waals surface area contributed by atoms with Gasteiger partial charge in [0, 0.05) is 11.6 Å². The molecule has 0 unspecified atom stereocenters. The van der Waals surface area contributed by atoms with Crippen molar-refractivity contribution < 1.29 is 0 Å². The Kier molecular flexibility index (Phi) is 3.68. The summed E-state index contributed by atoms with van der Waals surface area (Å²) in [5.41, 5.74) is 1.32. The van der Waals surface area contributed by atoms with Crippen LogP contribution in [0.4, 0.5) is 0 Å². The highest BCUT2D eigenvalue weighted by Gasteiger charge is 2.47. The highest BCUT2D eigenvalue weighted by atomic mass is 15.4. The lowest BCUT2D eigenvalue weighted by Gasteiger charge is -2.49. The summed E-state index contributed by atoms with van der Waals surface area (Å²) in [6.45, 7) is 22.5. The van der Waals surface area contributed by atoms with E-state index in [1.165, 1.54) is 0 Å². The average Bonchev–Trinajstić information content (AvgIpc) is 2.63. The molecule has 0 aliphatic rings. The average molecular weight is 265 g/mol. The molecule has 3 nitrogen and oxygen atoms in total. The number of hydrogen-bond donors (Lipinski definition) is 0. The lowest BCUT2D eigenvalue weighted by molar-refractivity contribution is 0.0431. The van der Waals surface area contributed by atoms with Gasteiger partial charge in [0.2, 0.25) is 0 Å². The smallest absolute Gasteiger partial charge is 0.0888 e. The SMILES string of the molecule is CC(C)(C)n1cc(C(C)(C)C(C)(C)C(C)(C)C)nn1. The molecular formula is C16H31N3. The van der Waals surface area contributed by atoms with Crippen LogP contribution in [-0.4, -0.2) is 15.0 Å². The number of nitrogens with zero attached hydrogens (tertiary/aromatic N) is 3. The van der Waals surface area contributed by atoms with Crippen molar-refractivity contribution in [2.24, 2.45) is 10.8 Å². The van der Waals surface area contributed by atoms with Crippen molar-refractivity contribution in [3.8, 4) is 0 Å². The highest BCUT2D eigenvalue weighted by molar-refractivity contribution is 5.17. The van der Waals surface area contributed by atoms with Gasteiger partial charge in [0.05, 0.1) is 11.2 Å². The largest absolute Gasteiger partial charge is 0.247 e. The van der Waals surface area contributed by atoms with Crippen LogP contribution < -0.4 is 0 Å². The van der Waals surface area contributed by atoms with Gasteiger partial charge in [0.1, 0.15) is 0 Å². The van der Waals surface area contributed by atoms with Gasteiger partial charge in [-0.15, -0.1) is 5.10 Å². The zero-order valence-electron chi connectivity index (χ0n) is 14.4. The first-order valence-electron chi connectivity index (χ1n) is 7.14. The number of hydrogen-bond acceptors (Lipinski definition) is 2. The Labute approximate surface area is 118 Å². The van der Waals surface area contributed by atoms with Gasteiger partial charge in [0.15, 0.2) is 0 Å². The van der Waals surface area contributed by atoms with E-state index in [2.05, 4.69) is 85.7 Å². The van der Waals surface area contributed by atoms with Gasteiger partial charge in [-0.2, -0.15) is 0 Å². The van der Waals surface area contributed by atoms with Crippen LogP contribution in [0, 0.1) is 10.8 Å². The summed E-state index contributed by atoms with van der Waals surface area (Å²) in [4.78, 5) is 0. The molecule has 0 spiro atoms. The Balaban J connectivity index is 3.25. The van der Waals surface area contributed by atoms with E-state index in [1.807, 2.05) is 4.68 Å². The van der Waals surface area contributed by atoms with Gasteiger partial charge in [-0.3, -0.25) is 0 Å². The van der Waals surface area contributed by atoms with E-state index >= 15 is 0 Å². The molecule has 19 heavy (non-hydrogen) atoms. The monoisotopic (exact) mass is 265 g/mol. The van der Waals surface area contributed by atoms with Gasteiger partial charge in [0.25, 0.3) is 0 Å². The molecule has 1 aromatic rings. The van der Waals surface area contributed by atoms with Crippen molar-refractivity contribution >= 4 is 0 Å². The quantitative estimate of drug-likeness (QED) is 0.794. The molecule has 0 bridgehead atoms. The third kappa shape index (κ3) is 2.70. The lowest BCUT2D eigenvalue weighted by atomic mass is 9.54. The Morgan fingerprint density at radius 2 is 1.32 bits per heavy atom. The molecule has 110 valence electrons. The van der Waals surface area contributed by atoms with Crippen molar-refractivity contribution in [2.45, 2.75) is 80.2 Å². The van der Waals surface area contributed by atoms with E-state index in [1.54, 1.807) is 0 Å². The maximum absolute atomic E-state index is 4.45. The van der Waals surface area contributed by atoms with Crippen LogP contribution in [0.2, 0.25) is 0 Å². The van der Waals surface area contributed by atoms with E-state index in [0.717, 1.165) is 5.69 Å². The van der Waals surface area contributed by atoms with Gasteiger partial charge in [-0.25, -0.2) is 4.68 Å². The molecule has 0 aliphatic heterocycles. The van der Waals surface area contributed by atoms with Crippen LogP contribution in [0.15, 0.2) is 6.20 Å². The first-order chi connectivity index (χ1) is 8.21.